The van der Waals surface area contributed by atoms with E-state index in [0.29, 0.717) is 10.6 Å². The van der Waals surface area contributed by atoms with Crippen molar-refractivity contribution in [3.63, 3.8) is 0 Å². The Labute approximate surface area is 170 Å². The molecule has 0 bridgehead atoms. The first kappa shape index (κ1) is 18.9. The molecular formula is C23H24ClN3O. The summed E-state index contributed by atoms with van der Waals surface area (Å²) in [6.45, 7) is 4.22. The molecule has 1 aliphatic carbocycles. The van der Waals surface area contributed by atoms with E-state index in [-0.39, 0.29) is 11.9 Å². The third-order valence-corrected chi connectivity index (χ3v) is 6.13. The summed E-state index contributed by atoms with van der Waals surface area (Å²) in [6, 6.07) is 9.65. The molecule has 2 heterocycles. The van der Waals surface area contributed by atoms with Crippen LogP contribution in [0.15, 0.2) is 42.7 Å². The lowest BCUT2D eigenvalue weighted by molar-refractivity contribution is 0.0924. The Morgan fingerprint density at radius 3 is 2.68 bits per heavy atom. The number of fused-ring (bicyclic) bond motifs is 1. The molecule has 0 spiro atoms. The van der Waals surface area contributed by atoms with Crippen LogP contribution in [0, 0.1) is 12.8 Å². The van der Waals surface area contributed by atoms with E-state index in [1.165, 1.54) is 0 Å². The second kappa shape index (κ2) is 7.88. The van der Waals surface area contributed by atoms with Crippen LogP contribution in [0.1, 0.15) is 48.5 Å². The van der Waals surface area contributed by atoms with Crippen molar-refractivity contribution in [1.29, 1.82) is 0 Å². The Hall–Kier alpha value is -2.46. The number of hydrogen-bond acceptors (Lipinski definition) is 3. The molecule has 1 N–H and O–H groups in total. The van der Waals surface area contributed by atoms with Gasteiger partial charge in [-0.05, 0) is 68.4 Å². The van der Waals surface area contributed by atoms with E-state index in [1.807, 2.05) is 37.3 Å². The highest BCUT2D eigenvalue weighted by molar-refractivity contribution is 6.32. The first-order valence-corrected chi connectivity index (χ1v) is 10.2. The molecule has 0 saturated heterocycles. The fourth-order valence-electron chi connectivity index (χ4n) is 3.92. The SMILES string of the molecule is Cc1c(Cl)ccc2c(C(=O)NC3CCC(C)CC3)cc(-c3cccnc3)nc12. The topological polar surface area (TPSA) is 54.9 Å². The van der Waals surface area contributed by atoms with Gasteiger partial charge in [0.15, 0.2) is 0 Å². The van der Waals surface area contributed by atoms with Crippen LogP contribution in [-0.4, -0.2) is 21.9 Å². The average Bonchev–Trinajstić information content (AvgIpc) is 2.72. The van der Waals surface area contributed by atoms with Crippen LogP contribution in [-0.2, 0) is 0 Å². The number of aryl methyl sites for hydroxylation is 1. The van der Waals surface area contributed by atoms with Gasteiger partial charge in [0.1, 0.15) is 0 Å². The molecule has 2 aromatic heterocycles. The summed E-state index contributed by atoms with van der Waals surface area (Å²) in [5.74, 6) is 0.704. The minimum Gasteiger partial charge on any atom is -0.349 e. The molecule has 4 rings (SSSR count). The molecule has 1 fully saturated rings. The van der Waals surface area contributed by atoms with Gasteiger partial charge in [0, 0.05) is 34.4 Å². The molecule has 1 saturated carbocycles. The Kier molecular flexibility index (Phi) is 5.31. The predicted octanol–water partition coefficient (Wildman–Crippen LogP) is 5.57. The van der Waals surface area contributed by atoms with Gasteiger partial charge in [-0.3, -0.25) is 9.78 Å². The number of carbonyl (C=O) groups is 1. The van der Waals surface area contributed by atoms with Gasteiger partial charge >= 0.3 is 0 Å². The molecule has 5 heteroatoms. The van der Waals surface area contributed by atoms with E-state index in [9.17, 15) is 4.79 Å². The predicted molar refractivity (Wildman–Crippen MR) is 114 cm³/mol. The lowest BCUT2D eigenvalue weighted by Gasteiger charge is -2.27. The number of aromatic nitrogens is 2. The summed E-state index contributed by atoms with van der Waals surface area (Å²) >= 11 is 6.33. The summed E-state index contributed by atoms with van der Waals surface area (Å²) in [6.07, 6.45) is 7.89. The van der Waals surface area contributed by atoms with Gasteiger partial charge in [-0.25, -0.2) is 4.98 Å². The summed E-state index contributed by atoms with van der Waals surface area (Å²) < 4.78 is 0. The standard InChI is InChI=1S/C23H24ClN3O/c1-14-5-7-17(8-6-14)26-23(28)19-12-21(16-4-3-11-25-13-16)27-22-15(2)20(24)10-9-18(19)22/h3-4,9-14,17H,5-8H2,1-2H3,(H,26,28). The van der Waals surface area contributed by atoms with E-state index in [1.54, 1.807) is 12.4 Å². The van der Waals surface area contributed by atoms with E-state index in [0.717, 1.165) is 59.3 Å². The zero-order chi connectivity index (χ0) is 19.7. The van der Waals surface area contributed by atoms with Gasteiger partial charge < -0.3 is 5.32 Å². The number of hydrogen-bond donors (Lipinski definition) is 1. The summed E-state index contributed by atoms with van der Waals surface area (Å²) in [7, 11) is 0. The number of carbonyl (C=O) groups excluding carboxylic acids is 1. The van der Waals surface area contributed by atoms with Crippen LogP contribution in [0.5, 0.6) is 0 Å². The Bertz CT molecular complexity index is 1010. The van der Waals surface area contributed by atoms with Crippen molar-refractivity contribution in [1.82, 2.24) is 15.3 Å². The van der Waals surface area contributed by atoms with Gasteiger partial charge in [-0.2, -0.15) is 0 Å². The minimum atomic E-state index is -0.0428. The van der Waals surface area contributed by atoms with Crippen LogP contribution in [0.4, 0.5) is 0 Å². The first-order valence-electron chi connectivity index (χ1n) is 9.84. The number of nitrogens with one attached hydrogen (secondary N) is 1. The third-order valence-electron chi connectivity index (χ3n) is 5.72. The largest absolute Gasteiger partial charge is 0.349 e. The molecule has 3 aromatic rings. The second-order valence-electron chi connectivity index (χ2n) is 7.80. The molecule has 4 nitrogen and oxygen atoms in total. The number of benzene rings is 1. The highest BCUT2D eigenvalue weighted by Crippen LogP contribution is 2.30. The number of nitrogens with zero attached hydrogens (tertiary/aromatic N) is 2. The molecule has 1 aromatic carbocycles. The van der Waals surface area contributed by atoms with Crippen LogP contribution < -0.4 is 5.32 Å². The van der Waals surface area contributed by atoms with Crippen LogP contribution in [0.25, 0.3) is 22.2 Å². The molecule has 144 valence electrons. The summed E-state index contributed by atoms with van der Waals surface area (Å²) in [4.78, 5) is 22.2. The highest BCUT2D eigenvalue weighted by atomic mass is 35.5. The van der Waals surface area contributed by atoms with Gasteiger partial charge in [-0.15, -0.1) is 0 Å². The van der Waals surface area contributed by atoms with Crippen molar-refractivity contribution >= 4 is 28.4 Å². The number of pyridine rings is 2. The van der Waals surface area contributed by atoms with Crippen molar-refractivity contribution in [2.75, 3.05) is 0 Å². The molecule has 0 atom stereocenters. The van der Waals surface area contributed by atoms with Crippen LogP contribution >= 0.6 is 11.6 Å². The van der Waals surface area contributed by atoms with Crippen molar-refractivity contribution in [3.05, 3.63) is 58.9 Å². The smallest absolute Gasteiger partial charge is 0.252 e. The van der Waals surface area contributed by atoms with Gasteiger partial charge in [0.25, 0.3) is 5.91 Å². The third kappa shape index (κ3) is 3.74. The van der Waals surface area contributed by atoms with Crippen molar-refractivity contribution in [3.8, 4) is 11.3 Å². The normalized spacial score (nSPS) is 19.5. The van der Waals surface area contributed by atoms with Gasteiger partial charge in [-0.1, -0.05) is 24.6 Å². The summed E-state index contributed by atoms with van der Waals surface area (Å²) in [5.41, 5.74) is 3.89. The zero-order valence-corrected chi connectivity index (χ0v) is 17.0. The monoisotopic (exact) mass is 393 g/mol. The maximum atomic E-state index is 13.2. The quantitative estimate of drug-likeness (QED) is 0.633. The fourth-order valence-corrected chi connectivity index (χ4v) is 4.07. The van der Waals surface area contributed by atoms with E-state index >= 15 is 0 Å². The zero-order valence-electron chi connectivity index (χ0n) is 16.2. The minimum absolute atomic E-state index is 0.0428. The van der Waals surface area contributed by atoms with E-state index < -0.39 is 0 Å². The van der Waals surface area contributed by atoms with Crippen molar-refractivity contribution < 1.29 is 4.79 Å². The molecule has 0 radical (unpaired) electrons. The van der Waals surface area contributed by atoms with Gasteiger partial charge in [0.2, 0.25) is 0 Å². The number of halogens is 1. The van der Waals surface area contributed by atoms with Crippen molar-refractivity contribution in [2.45, 2.75) is 45.6 Å². The maximum absolute atomic E-state index is 13.2. The van der Waals surface area contributed by atoms with E-state index in [4.69, 9.17) is 16.6 Å². The molecule has 1 aliphatic rings. The molecular weight excluding hydrogens is 370 g/mol. The van der Waals surface area contributed by atoms with Crippen LogP contribution in [0.2, 0.25) is 5.02 Å². The molecule has 28 heavy (non-hydrogen) atoms. The Balaban J connectivity index is 1.77. The Morgan fingerprint density at radius 2 is 1.96 bits per heavy atom. The lowest BCUT2D eigenvalue weighted by atomic mass is 9.87. The second-order valence-corrected chi connectivity index (χ2v) is 8.20. The lowest BCUT2D eigenvalue weighted by Crippen LogP contribution is -2.37. The summed E-state index contributed by atoms with van der Waals surface area (Å²) in [5, 5.41) is 4.72. The van der Waals surface area contributed by atoms with Crippen molar-refractivity contribution in [2.24, 2.45) is 5.92 Å². The Morgan fingerprint density at radius 1 is 1.18 bits per heavy atom. The van der Waals surface area contributed by atoms with Gasteiger partial charge in [0.05, 0.1) is 16.8 Å². The number of rotatable bonds is 3. The average molecular weight is 394 g/mol. The first-order chi connectivity index (χ1) is 13.5. The fraction of sp³-hybridized carbons (Fsp3) is 0.348. The number of amides is 1. The molecule has 1 amide bonds. The molecule has 0 aliphatic heterocycles. The van der Waals surface area contributed by atoms with Crippen LogP contribution in [0.3, 0.4) is 0 Å². The molecule has 0 unspecified atom stereocenters. The highest BCUT2D eigenvalue weighted by Gasteiger charge is 2.22. The van der Waals surface area contributed by atoms with E-state index in [2.05, 4.69) is 17.2 Å². The maximum Gasteiger partial charge on any atom is 0.252 e.